The van der Waals surface area contributed by atoms with Crippen LogP contribution in [0.1, 0.15) is 119 Å². The zero-order valence-corrected chi connectivity index (χ0v) is 22.7. The molecule has 0 N–H and O–H groups in total. The molecule has 0 heterocycles. The van der Waals surface area contributed by atoms with Crippen LogP contribution in [0.3, 0.4) is 0 Å². The molecule has 0 bridgehead atoms. The zero-order chi connectivity index (χ0) is 21.1. The van der Waals surface area contributed by atoms with E-state index in [1.807, 2.05) is 0 Å². The Bertz CT molecular complexity index is 325. The van der Waals surface area contributed by atoms with Crippen LogP contribution in [0.15, 0.2) is 0 Å². The highest BCUT2D eigenvalue weighted by Gasteiger charge is 2.33. The van der Waals surface area contributed by atoms with E-state index in [1.54, 1.807) is 0 Å². The SMILES string of the molecule is CCCC[Si](C#C[Si](CCCC)(CCCC)CCCC)(CCCC)CCCC. The smallest absolute Gasteiger partial charge is 0.137 e. The molecule has 0 aliphatic carbocycles. The minimum absolute atomic E-state index is 1.35. The standard InChI is InChI=1S/C26H54Si2/c1-7-13-19-27(20-14-8-2,21-15-9-3)25-26-28(22-16-10-4,23-17-11-5)24-18-12-6/h7-24H2,1-6H3. The van der Waals surface area contributed by atoms with Crippen molar-refractivity contribution in [3.8, 4) is 11.1 Å². The van der Waals surface area contributed by atoms with Gasteiger partial charge in [-0.2, -0.15) is 0 Å². The fraction of sp³-hybridized carbons (Fsp3) is 0.923. The minimum atomic E-state index is -1.41. The van der Waals surface area contributed by atoms with Crippen LogP contribution in [0.5, 0.6) is 0 Å². The second kappa shape index (κ2) is 17.8. The van der Waals surface area contributed by atoms with Gasteiger partial charge in [-0.1, -0.05) is 119 Å². The number of hydrogen-bond donors (Lipinski definition) is 0. The first-order valence-electron chi connectivity index (χ1n) is 13.1. The van der Waals surface area contributed by atoms with Crippen LogP contribution < -0.4 is 0 Å². The van der Waals surface area contributed by atoms with E-state index in [4.69, 9.17) is 0 Å². The quantitative estimate of drug-likeness (QED) is 0.152. The van der Waals surface area contributed by atoms with E-state index in [0.717, 1.165) is 0 Å². The zero-order valence-electron chi connectivity index (χ0n) is 20.7. The van der Waals surface area contributed by atoms with Gasteiger partial charge in [-0.15, -0.1) is 11.1 Å². The summed E-state index contributed by atoms with van der Waals surface area (Å²) in [5.74, 6) is 0. The van der Waals surface area contributed by atoms with Gasteiger partial charge in [0.05, 0.1) is 0 Å². The van der Waals surface area contributed by atoms with Gasteiger partial charge >= 0.3 is 0 Å². The number of unbranched alkanes of at least 4 members (excludes halogenated alkanes) is 6. The van der Waals surface area contributed by atoms with Crippen LogP contribution >= 0.6 is 0 Å². The molecule has 0 atom stereocenters. The van der Waals surface area contributed by atoms with Crippen LogP contribution in [0.2, 0.25) is 36.3 Å². The molecule has 0 fully saturated rings. The molecular weight excluding hydrogens is 368 g/mol. The molecule has 0 spiro atoms. The van der Waals surface area contributed by atoms with Crippen molar-refractivity contribution in [2.24, 2.45) is 0 Å². The first-order chi connectivity index (χ1) is 13.6. The molecule has 0 amide bonds. The van der Waals surface area contributed by atoms with E-state index in [2.05, 4.69) is 52.6 Å². The molecule has 0 aliphatic heterocycles. The number of rotatable bonds is 18. The van der Waals surface area contributed by atoms with Crippen molar-refractivity contribution >= 4 is 16.1 Å². The fourth-order valence-electron chi connectivity index (χ4n) is 4.48. The summed E-state index contributed by atoms with van der Waals surface area (Å²) in [4.78, 5) is 0. The summed E-state index contributed by atoms with van der Waals surface area (Å²) < 4.78 is 0. The van der Waals surface area contributed by atoms with Crippen molar-refractivity contribution in [3.05, 3.63) is 0 Å². The van der Waals surface area contributed by atoms with Crippen molar-refractivity contribution in [1.82, 2.24) is 0 Å². The third kappa shape index (κ3) is 11.9. The largest absolute Gasteiger partial charge is 0.138 e. The summed E-state index contributed by atoms with van der Waals surface area (Å²) >= 11 is 0. The Morgan fingerprint density at radius 1 is 0.357 bits per heavy atom. The van der Waals surface area contributed by atoms with Crippen LogP contribution in [0.4, 0.5) is 0 Å². The first kappa shape index (κ1) is 28.0. The maximum absolute atomic E-state index is 4.26. The molecule has 0 radical (unpaired) electrons. The molecular formula is C26H54Si2. The van der Waals surface area contributed by atoms with E-state index < -0.39 is 16.1 Å². The molecule has 166 valence electrons. The Balaban J connectivity index is 5.84. The summed E-state index contributed by atoms with van der Waals surface area (Å²) in [7, 11) is -2.82. The lowest BCUT2D eigenvalue weighted by Crippen LogP contribution is -2.37. The molecule has 2 heteroatoms. The third-order valence-electron chi connectivity index (χ3n) is 6.65. The second-order valence-corrected chi connectivity index (χ2v) is 18.1. The van der Waals surface area contributed by atoms with Gasteiger partial charge in [0.2, 0.25) is 0 Å². The molecule has 0 aliphatic rings. The lowest BCUT2D eigenvalue weighted by molar-refractivity contribution is 0.800. The average Bonchev–Trinajstić information content (AvgIpc) is 2.73. The van der Waals surface area contributed by atoms with Gasteiger partial charge < -0.3 is 0 Å². The van der Waals surface area contributed by atoms with Gasteiger partial charge in [-0.3, -0.25) is 0 Å². The molecule has 0 saturated heterocycles. The van der Waals surface area contributed by atoms with E-state index in [0.29, 0.717) is 0 Å². The van der Waals surface area contributed by atoms with E-state index >= 15 is 0 Å². The van der Waals surface area contributed by atoms with Crippen molar-refractivity contribution in [2.45, 2.75) is 155 Å². The molecule has 0 saturated carbocycles. The summed E-state index contributed by atoms with van der Waals surface area (Å²) in [6.07, 6.45) is 16.6. The van der Waals surface area contributed by atoms with E-state index in [9.17, 15) is 0 Å². The Kier molecular flexibility index (Phi) is 17.8. The van der Waals surface area contributed by atoms with Crippen LogP contribution in [0.25, 0.3) is 0 Å². The molecule has 0 aromatic carbocycles. The highest BCUT2D eigenvalue weighted by atomic mass is 28.3. The van der Waals surface area contributed by atoms with E-state index in [-0.39, 0.29) is 0 Å². The summed E-state index contributed by atoms with van der Waals surface area (Å²) in [6, 6.07) is 8.89. The summed E-state index contributed by atoms with van der Waals surface area (Å²) in [5, 5.41) is 0. The van der Waals surface area contributed by atoms with Crippen LogP contribution in [-0.4, -0.2) is 16.1 Å². The van der Waals surface area contributed by atoms with Crippen LogP contribution in [0, 0.1) is 11.1 Å². The first-order valence-corrected chi connectivity index (χ1v) is 18.4. The maximum atomic E-state index is 4.26. The molecule has 0 unspecified atom stereocenters. The Morgan fingerprint density at radius 3 is 0.679 bits per heavy atom. The monoisotopic (exact) mass is 422 g/mol. The highest BCUT2D eigenvalue weighted by molar-refractivity contribution is 6.92. The Morgan fingerprint density at radius 2 is 0.536 bits per heavy atom. The minimum Gasteiger partial charge on any atom is -0.138 e. The predicted molar refractivity (Wildman–Crippen MR) is 138 cm³/mol. The molecule has 0 nitrogen and oxygen atoms in total. The van der Waals surface area contributed by atoms with Crippen molar-refractivity contribution in [2.75, 3.05) is 0 Å². The van der Waals surface area contributed by atoms with Crippen LogP contribution in [-0.2, 0) is 0 Å². The molecule has 28 heavy (non-hydrogen) atoms. The average molecular weight is 423 g/mol. The van der Waals surface area contributed by atoms with Crippen molar-refractivity contribution in [1.29, 1.82) is 0 Å². The van der Waals surface area contributed by atoms with Gasteiger partial charge in [0.15, 0.2) is 0 Å². The van der Waals surface area contributed by atoms with Gasteiger partial charge in [-0.05, 0) is 36.3 Å². The normalized spacial score (nSPS) is 12.1. The summed E-state index contributed by atoms with van der Waals surface area (Å²) in [5.41, 5.74) is 8.51. The third-order valence-corrected chi connectivity index (χ3v) is 16.1. The molecule has 0 rings (SSSR count). The van der Waals surface area contributed by atoms with Crippen molar-refractivity contribution in [3.63, 3.8) is 0 Å². The van der Waals surface area contributed by atoms with Crippen molar-refractivity contribution < 1.29 is 0 Å². The maximum Gasteiger partial charge on any atom is 0.137 e. The Hall–Kier alpha value is -0.00623. The topological polar surface area (TPSA) is 0 Å². The Labute approximate surface area is 182 Å². The van der Waals surface area contributed by atoms with Gasteiger partial charge in [0.1, 0.15) is 16.1 Å². The van der Waals surface area contributed by atoms with Gasteiger partial charge in [-0.25, -0.2) is 0 Å². The fourth-order valence-corrected chi connectivity index (χ4v) is 15.0. The number of hydrogen-bond acceptors (Lipinski definition) is 0. The van der Waals surface area contributed by atoms with Gasteiger partial charge in [0, 0.05) is 0 Å². The van der Waals surface area contributed by atoms with Gasteiger partial charge in [0.25, 0.3) is 0 Å². The highest BCUT2D eigenvalue weighted by Crippen LogP contribution is 2.31. The molecule has 0 aromatic rings. The lowest BCUT2D eigenvalue weighted by atomic mass is 10.4. The second-order valence-electron chi connectivity index (χ2n) is 9.43. The van der Waals surface area contributed by atoms with E-state index in [1.165, 1.54) is 113 Å². The summed E-state index contributed by atoms with van der Waals surface area (Å²) in [6.45, 7) is 14.2. The predicted octanol–water partition coefficient (Wildman–Crippen LogP) is 9.77. The lowest BCUT2D eigenvalue weighted by Gasteiger charge is -2.30. The molecule has 0 aromatic heterocycles.